The lowest BCUT2D eigenvalue weighted by atomic mass is 9.92. The Labute approximate surface area is 119 Å². The highest BCUT2D eigenvalue weighted by molar-refractivity contribution is 5.95. The van der Waals surface area contributed by atoms with Crippen LogP contribution >= 0.6 is 0 Å². The molecule has 1 fully saturated rings. The van der Waals surface area contributed by atoms with E-state index >= 15 is 0 Å². The minimum absolute atomic E-state index is 0.0487. The fourth-order valence-electron chi connectivity index (χ4n) is 2.41. The number of nitrogens with one attached hydrogen (secondary N) is 2. The van der Waals surface area contributed by atoms with Gasteiger partial charge in [-0.3, -0.25) is 4.79 Å². The number of carbonyl (C=O) groups is 1. The first-order valence-corrected chi connectivity index (χ1v) is 6.70. The van der Waals surface area contributed by atoms with Crippen LogP contribution in [0.3, 0.4) is 0 Å². The number of anilines is 1. The summed E-state index contributed by atoms with van der Waals surface area (Å²) in [7, 11) is 0. The average Bonchev–Trinajstić information content (AvgIpc) is 2.40. The fourth-order valence-corrected chi connectivity index (χ4v) is 2.41. The Morgan fingerprint density at radius 3 is 2.71 bits per heavy atom. The summed E-state index contributed by atoms with van der Waals surface area (Å²) in [5.74, 6) is -1.35. The molecule has 2 unspecified atom stereocenters. The molecule has 1 aliphatic heterocycles. The second-order valence-corrected chi connectivity index (χ2v) is 5.23. The molecule has 2 rings (SSSR count). The zero-order valence-electron chi connectivity index (χ0n) is 11.4. The molecule has 21 heavy (non-hydrogen) atoms. The first-order valence-electron chi connectivity index (χ1n) is 6.70. The number of amides is 1. The lowest BCUT2D eigenvalue weighted by Gasteiger charge is -2.29. The van der Waals surface area contributed by atoms with Crippen molar-refractivity contribution in [2.45, 2.75) is 32.0 Å². The Morgan fingerprint density at radius 1 is 1.38 bits per heavy atom. The van der Waals surface area contributed by atoms with Crippen LogP contribution in [-0.2, 0) is 11.0 Å². The maximum Gasteiger partial charge on any atom is 0.416 e. The molecule has 1 aromatic carbocycles. The van der Waals surface area contributed by atoms with Gasteiger partial charge in [0.15, 0.2) is 0 Å². The first-order chi connectivity index (χ1) is 9.79. The van der Waals surface area contributed by atoms with E-state index in [4.69, 9.17) is 0 Å². The van der Waals surface area contributed by atoms with E-state index in [1.807, 2.05) is 6.92 Å². The number of halogens is 4. The lowest BCUT2D eigenvalue weighted by Crippen LogP contribution is -2.48. The van der Waals surface area contributed by atoms with Crippen molar-refractivity contribution in [3.8, 4) is 0 Å². The lowest BCUT2D eigenvalue weighted by molar-refractivity contribution is -0.137. The number of carbonyl (C=O) groups excluding carboxylic acids is 1. The minimum Gasteiger partial charge on any atom is -0.322 e. The molecule has 2 atom stereocenters. The van der Waals surface area contributed by atoms with Gasteiger partial charge in [-0.1, -0.05) is 6.92 Å². The van der Waals surface area contributed by atoms with Crippen molar-refractivity contribution in [2.24, 2.45) is 5.92 Å². The molecule has 0 radical (unpaired) electrons. The van der Waals surface area contributed by atoms with E-state index in [-0.39, 0.29) is 5.92 Å². The Bertz CT molecular complexity index is 530. The van der Waals surface area contributed by atoms with Gasteiger partial charge in [0.1, 0.15) is 5.82 Å². The first kappa shape index (κ1) is 15.8. The Morgan fingerprint density at radius 2 is 2.10 bits per heavy atom. The van der Waals surface area contributed by atoms with Crippen molar-refractivity contribution in [3.63, 3.8) is 0 Å². The zero-order valence-corrected chi connectivity index (χ0v) is 11.4. The number of hydrogen-bond donors (Lipinski definition) is 2. The molecule has 0 aromatic heterocycles. The fraction of sp³-hybridized carbons (Fsp3) is 0.500. The Hall–Kier alpha value is -1.63. The smallest absolute Gasteiger partial charge is 0.322 e. The monoisotopic (exact) mass is 304 g/mol. The van der Waals surface area contributed by atoms with Crippen molar-refractivity contribution in [1.29, 1.82) is 0 Å². The van der Waals surface area contributed by atoms with Gasteiger partial charge >= 0.3 is 6.18 Å². The van der Waals surface area contributed by atoms with E-state index < -0.39 is 35.2 Å². The molecule has 0 saturated carbocycles. The third-order valence-electron chi connectivity index (χ3n) is 3.60. The molecule has 116 valence electrons. The maximum absolute atomic E-state index is 13.6. The van der Waals surface area contributed by atoms with Gasteiger partial charge in [-0.2, -0.15) is 13.2 Å². The summed E-state index contributed by atoms with van der Waals surface area (Å²) in [5.41, 5.74) is -1.45. The SMILES string of the molecule is CC1CCCNC1C(=O)Nc1cc(C(F)(F)F)ccc1F. The van der Waals surface area contributed by atoms with Crippen LogP contribution in [0.15, 0.2) is 18.2 Å². The molecule has 0 bridgehead atoms. The van der Waals surface area contributed by atoms with Crippen LogP contribution in [0, 0.1) is 11.7 Å². The predicted octanol–water partition coefficient (Wildman–Crippen LogP) is 3.17. The van der Waals surface area contributed by atoms with Crippen LogP contribution in [-0.4, -0.2) is 18.5 Å². The summed E-state index contributed by atoms with van der Waals surface area (Å²) in [4.78, 5) is 12.1. The normalized spacial score (nSPS) is 22.9. The van der Waals surface area contributed by atoms with E-state index in [0.29, 0.717) is 24.7 Å². The molecule has 3 nitrogen and oxygen atoms in total. The van der Waals surface area contributed by atoms with Crippen molar-refractivity contribution >= 4 is 11.6 Å². The Kier molecular flexibility index (Phi) is 4.51. The van der Waals surface area contributed by atoms with Crippen LogP contribution in [0.4, 0.5) is 23.2 Å². The molecule has 1 aromatic rings. The predicted molar refractivity (Wildman–Crippen MR) is 70.2 cm³/mol. The number of benzene rings is 1. The van der Waals surface area contributed by atoms with E-state index in [1.54, 1.807) is 0 Å². The molecule has 1 heterocycles. The van der Waals surface area contributed by atoms with Crippen molar-refractivity contribution < 1.29 is 22.4 Å². The van der Waals surface area contributed by atoms with Crippen LogP contribution in [0.5, 0.6) is 0 Å². The van der Waals surface area contributed by atoms with E-state index in [2.05, 4.69) is 10.6 Å². The van der Waals surface area contributed by atoms with Crippen LogP contribution in [0.25, 0.3) is 0 Å². The second-order valence-electron chi connectivity index (χ2n) is 5.23. The number of alkyl halides is 3. The van der Waals surface area contributed by atoms with Gasteiger partial charge in [0, 0.05) is 0 Å². The third kappa shape index (κ3) is 3.72. The van der Waals surface area contributed by atoms with Gasteiger partial charge in [-0.25, -0.2) is 4.39 Å². The van der Waals surface area contributed by atoms with Crippen molar-refractivity contribution in [2.75, 3.05) is 11.9 Å². The minimum atomic E-state index is -4.58. The highest BCUT2D eigenvalue weighted by atomic mass is 19.4. The highest BCUT2D eigenvalue weighted by Gasteiger charge is 2.32. The van der Waals surface area contributed by atoms with Gasteiger partial charge in [0.05, 0.1) is 17.3 Å². The second kappa shape index (κ2) is 6.01. The van der Waals surface area contributed by atoms with Gasteiger partial charge in [0.25, 0.3) is 0 Å². The molecule has 1 saturated heterocycles. The summed E-state index contributed by atoms with van der Waals surface area (Å²) in [6, 6.07) is 1.44. The quantitative estimate of drug-likeness (QED) is 0.824. The maximum atomic E-state index is 13.6. The van der Waals surface area contributed by atoms with Gasteiger partial charge < -0.3 is 10.6 Å². The van der Waals surface area contributed by atoms with E-state index in [9.17, 15) is 22.4 Å². The number of hydrogen-bond acceptors (Lipinski definition) is 2. The van der Waals surface area contributed by atoms with Crippen molar-refractivity contribution in [3.05, 3.63) is 29.6 Å². The largest absolute Gasteiger partial charge is 0.416 e. The van der Waals surface area contributed by atoms with Crippen LogP contribution < -0.4 is 10.6 Å². The molecular formula is C14H16F4N2O. The molecule has 0 spiro atoms. The van der Waals surface area contributed by atoms with E-state index in [0.717, 1.165) is 12.8 Å². The third-order valence-corrected chi connectivity index (χ3v) is 3.60. The van der Waals surface area contributed by atoms with Gasteiger partial charge in [0.2, 0.25) is 5.91 Å². The molecule has 1 amide bonds. The highest BCUT2D eigenvalue weighted by Crippen LogP contribution is 2.32. The molecule has 0 aliphatic carbocycles. The molecular weight excluding hydrogens is 288 g/mol. The van der Waals surface area contributed by atoms with Gasteiger partial charge in [-0.05, 0) is 43.5 Å². The molecule has 1 aliphatic rings. The average molecular weight is 304 g/mol. The molecule has 7 heteroatoms. The van der Waals surface area contributed by atoms with Gasteiger partial charge in [-0.15, -0.1) is 0 Å². The zero-order chi connectivity index (χ0) is 15.6. The summed E-state index contributed by atoms with van der Waals surface area (Å²) < 4.78 is 51.4. The number of piperidine rings is 1. The molecule has 2 N–H and O–H groups in total. The standard InChI is InChI=1S/C14H16F4N2O/c1-8-3-2-6-19-12(8)13(21)20-11-7-9(14(16,17)18)4-5-10(11)15/h4-5,7-8,12,19H,2-3,6H2,1H3,(H,20,21). The summed E-state index contributed by atoms with van der Waals surface area (Å²) in [5, 5.41) is 5.24. The van der Waals surface area contributed by atoms with Crippen LogP contribution in [0.2, 0.25) is 0 Å². The van der Waals surface area contributed by atoms with Crippen molar-refractivity contribution in [1.82, 2.24) is 5.32 Å². The summed E-state index contributed by atoms with van der Waals surface area (Å²) in [6.45, 7) is 2.53. The Balaban J connectivity index is 2.16. The van der Waals surface area contributed by atoms with E-state index in [1.165, 1.54) is 0 Å². The van der Waals surface area contributed by atoms with Crippen LogP contribution in [0.1, 0.15) is 25.3 Å². The number of rotatable bonds is 2. The topological polar surface area (TPSA) is 41.1 Å². The summed E-state index contributed by atoms with van der Waals surface area (Å²) >= 11 is 0. The summed E-state index contributed by atoms with van der Waals surface area (Å²) in [6.07, 6.45) is -2.80.